The predicted octanol–water partition coefficient (Wildman–Crippen LogP) is 2.91. The Kier molecular flexibility index (Phi) is 1.96. The Bertz CT molecular complexity index is 197. The SMILES string of the molecule is CC1(C)C[N+](C)(C)C(C)(C)C1(C)C. The maximum absolute atomic E-state index is 2.42. The summed E-state index contributed by atoms with van der Waals surface area (Å²) in [5, 5.41) is 0. The summed E-state index contributed by atoms with van der Waals surface area (Å²) in [6.45, 7) is 15.7. The van der Waals surface area contributed by atoms with Gasteiger partial charge in [-0.05, 0) is 13.8 Å². The highest BCUT2D eigenvalue weighted by molar-refractivity contribution is 5.03. The normalized spacial score (nSPS) is 33.2. The summed E-state index contributed by atoms with van der Waals surface area (Å²) in [6, 6.07) is 0. The zero-order valence-corrected chi connectivity index (χ0v) is 10.7. The number of hydrogen-bond donors (Lipinski definition) is 0. The summed E-state index contributed by atoms with van der Waals surface area (Å²) in [5.41, 5.74) is 1.18. The maximum atomic E-state index is 2.42. The van der Waals surface area contributed by atoms with Gasteiger partial charge in [-0.3, -0.25) is 0 Å². The van der Waals surface area contributed by atoms with Gasteiger partial charge < -0.3 is 4.48 Å². The molecule has 0 saturated carbocycles. The molecule has 0 aromatic rings. The van der Waals surface area contributed by atoms with Crippen molar-refractivity contribution in [1.82, 2.24) is 0 Å². The van der Waals surface area contributed by atoms with E-state index in [0.717, 1.165) is 4.48 Å². The van der Waals surface area contributed by atoms with Crippen molar-refractivity contribution in [2.24, 2.45) is 10.8 Å². The van der Waals surface area contributed by atoms with Crippen molar-refractivity contribution in [3.63, 3.8) is 0 Å². The summed E-state index contributed by atoms with van der Waals surface area (Å²) in [4.78, 5) is 0. The first-order valence-corrected chi connectivity index (χ1v) is 5.29. The van der Waals surface area contributed by atoms with Crippen molar-refractivity contribution in [3.05, 3.63) is 0 Å². The molecule has 0 aromatic carbocycles. The lowest BCUT2D eigenvalue weighted by Crippen LogP contribution is -2.56. The molecular formula is C12H26N+. The lowest BCUT2D eigenvalue weighted by molar-refractivity contribution is -0.930. The van der Waals surface area contributed by atoms with Gasteiger partial charge in [0.15, 0.2) is 0 Å². The summed E-state index contributed by atoms with van der Waals surface area (Å²) in [6.07, 6.45) is 0. The molecule has 1 saturated heterocycles. The van der Waals surface area contributed by atoms with Gasteiger partial charge >= 0.3 is 0 Å². The highest BCUT2D eigenvalue weighted by atomic mass is 15.4. The van der Waals surface area contributed by atoms with Crippen LogP contribution in [0.2, 0.25) is 0 Å². The molecule has 1 heteroatoms. The van der Waals surface area contributed by atoms with Crippen LogP contribution in [-0.4, -0.2) is 30.7 Å². The molecular weight excluding hydrogens is 158 g/mol. The van der Waals surface area contributed by atoms with Gasteiger partial charge in [-0.15, -0.1) is 0 Å². The third kappa shape index (κ3) is 1.09. The Hall–Kier alpha value is -0.0400. The minimum absolute atomic E-state index is 0.358. The Labute approximate surface area is 83.7 Å². The van der Waals surface area contributed by atoms with E-state index in [1.807, 2.05) is 0 Å². The minimum Gasteiger partial charge on any atom is -0.323 e. The fraction of sp³-hybridized carbons (Fsp3) is 1.00. The van der Waals surface area contributed by atoms with Crippen LogP contribution in [0.25, 0.3) is 0 Å². The number of likely N-dealkylation sites (tertiary alicyclic amines) is 1. The molecule has 0 aliphatic carbocycles. The van der Waals surface area contributed by atoms with Crippen molar-refractivity contribution >= 4 is 0 Å². The summed E-state index contributed by atoms with van der Waals surface area (Å²) in [5.74, 6) is 0. The van der Waals surface area contributed by atoms with Crippen LogP contribution in [0.1, 0.15) is 41.5 Å². The van der Waals surface area contributed by atoms with E-state index < -0.39 is 0 Å². The highest BCUT2D eigenvalue weighted by Crippen LogP contribution is 2.57. The zero-order valence-electron chi connectivity index (χ0n) is 10.7. The van der Waals surface area contributed by atoms with E-state index in [1.54, 1.807) is 0 Å². The molecule has 0 amide bonds. The third-order valence-corrected chi connectivity index (χ3v) is 5.53. The van der Waals surface area contributed by atoms with Gasteiger partial charge in [0, 0.05) is 10.8 Å². The van der Waals surface area contributed by atoms with Gasteiger partial charge in [0.2, 0.25) is 0 Å². The van der Waals surface area contributed by atoms with Crippen molar-refractivity contribution in [2.75, 3.05) is 20.6 Å². The fourth-order valence-corrected chi connectivity index (χ4v) is 2.97. The van der Waals surface area contributed by atoms with Crippen LogP contribution < -0.4 is 0 Å². The van der Waals surface area contributed by atoms with Crippen LogP contribution in [0.15, 0.2) is 0 Å². The van der Waals surface area contributed by atoms with Gasteiger partial charge in [0.25, 0.3) is 0 Å². The van der Waals surface area contributed by atoms with E-state index in [1.165, 1.54) is 6.54 Å². The molecule has 78 valence electrons. The molecule has 1 fully saturated rings. The Balaban J connectivity index is 3.24. The quantitative estimate of drug-likeness (QED) is 0.508. The average molecular weight is 184 g/mol. The van der Waals surface area contributed by atoms with Gasteiger partial charge in [0.05, 0.1) is 26.2 Å². The molecule has 0 bridgehead atoms. The van der Waals surface area contributed by atoms with E-state index in [4.69, 9.17) is 0 Å². The van der Waals surface area contributed by atoms with Crippen LogP contribution in [0.4, 0.5) is 0 Å². The van der Waals surface area contributed by atoms with E-state index in [2.05, 4.69) is 55.6 Å². The number of rotatable bonds is 0. The van der Waals surface area contributed by atoms with Crippen LogP contribution in [-0.2, 0) is 0 Å². The van der Waals surface area contributed by atoms with Crippen LogP contribution in [0.3, 0.4) is 0 Å². The molecule has 0 aromatic heterocycles. The van der Waals surface area contributed by atoms with Crippen molar-refractivity contribution in [1.29, 1.82) is 0 Å². The molecule has 1 aliphatic rings. The summed E-state index contributed by atoms with van der Waals surface area (Å²) >= 11 is 0. The van der Waals surface area contributed by atoms with Gasteiger partial charge in [-0.2, -0.15) is 0 Å². The Morgan fingerprint density at radius 3 is 1.31 bits per heavy atom. The number of hydrogen-bond acceptors (Lipinski definition) is 0. The number of nitrogens with zero attached hydrogens (tertiary/aromatic N) is 1. The lowest BCUT2D eigenvalue weighted by Gasteiger charge is -2.45. The predicted molar refractivity (Wildman–Crippen MR) is 58.6 cm³/mol. The first-order valence-electron chi connectivity index (χ1n) is 5.29. The average Bonchev–Trinajstić information content (AvgIpc) is 1.88. The van der Waals surface area contributed by atoms with Crippen molar-refractivity contribution < 1.29 is 4.48 Å². The second kappa shape index (κ2) is 2.31. The van der Waals surface area contributed by atoms with E-state index >= 15 is 0 Å². The van der Waals surface area contributed by atoms with Crippen LogP contribution >= 0.6 is 0 Å². The topological polar surface area (TPSA) is 0 Å². The fourth-order valence-electron chi connectivity index (χ4n) is 2.97. The van der Waals surface area contributed by atoms with E-state index in [9.17, 15) is 0 Å². The first-order chi connectivity index (χ1) is 5.46. The number of quaternary nitrogens is 1. The Morgan fingerprint density at radius 2 is 1.23 bits per heavy atom. The van der Waals surface area contributed by atoms with Crippen LogP contribution in [0.5, 0.6) is 0 Å². The van der Waals surface area contributed by atoms with Crippen LogP contribution in [0, 0.1) is 10.8 Å². The van der Waals surface area contributed by atoms with Gasteiger partial charge in [-0.1, -0.05) is 27.7 Å². The molecule has 0 atom stereocenters. The molecule has 13 heavy (non-hydrogen) atoms. The summed E-state index contributed by atoms with van der Waals surface area (Å²) in [7, 11) is 4.72. The second-order valence-corrected chi connectivity index (χ2v) is 6.91. The standard InChI is InChI=1S/C12H26N/c1-10(2)9-13(7,8)12(5,6)11(10,3)4/h9H2,1-8H3/q+1. The first kappa shape index (κ1) is 11.0. The maximum Gasteiger partial charge on any atom is 0.0990 e. The van der Waals surface area contributed by atoms with Gasteiger partial charge in [-0.25, -0.2) is 0 Å². The minimum atomic E-state index is 0.358. The van der Waals surface area contributed by atoms with Gasteiger partial charge in [0.1, 0.15) is 0 Å². The smallest absolute Gasteiger partial charge is 0.0990 e. The molecule has 1 heterocycles. The van der Waals surface area contributed by atoms with E-state index in [-0.39, 0.29) is 0 Å². The van der Waals surface area contributed by atoms with Crippen molar-refractivity contribution in [2.45, 2.75) is 47.1 Å². The monoisotopic (exact) mass is 184 g/mol. The highest BCUT2D eigenvalue weighted by Gasteiger charge is 2.64. The summed E-state index contributed by atoms with van der Waals surface area (Å²) < 4.78 is 1.13. The molecule has 1 nitrogen and oxygen atoms in total. The largest absolute Gasteiger partial charge is 0.323 e. The zero-order chi connectivity index (χ0) is 10.7. The van der Waals surface area contributed by atoms with Crippen molar-refractivity contribution in [3.8, 4) is 0 Å². The molecule has 0 unspecified atom stereocenters. The third-order valence-electron chi connectivity index (χ3n) is 5.53. The molecule has 1 aliphatic heterocycles. The molecule has 0 radical (unpaired) electrons. The Morgan fingerprint density at radius 1 is 0.846 bits per heavy atom. The molecule has 1 rings (SSSR count). The molecule has 0 spiro atoms. The second-order valence-electron chi connectivity index (χ2n) is 6.91. The lowest BCUT2D eigenvalue weighted by atomic mass is 9.62. The molecule has 0 N–H and O–H groups in total. The van der Waals surface area contributed by atoms with E-state index in [0.29, 0.717) is 16.4 Å².